The van der Waals surface area contributed by atoms with E-state index in [4.69, 9.17) is 11.6 Å². The monoisotopic (exact) mass is 436 g/mol. The molecule has 2 aromatic heterocycles. The van der Waals surface area contributed by atoms with Crippen LogP contribution in [0.4, 0.5) is 11.4 Å². The Kier molecular flexibility index (Phi) is 5.50. The number of non-ortho nitro benzene ring substituents is 1. The highest BCUT2D eigenvalue weighted by Crippen LogP contribution is 2.24. The number of nitrogens with zero attached hydrogens (tertiary/aromatic N) is 5. The molecule has 156 valence electrons. The summed E-state index contributed by atoms with van der Waals surface area (Å²) in [6.45, 7) is 0.389. The molecule has 31 heavy (non-hydrogen) atoms. The van der Waals surface area contributed by atoms with Crippen LogP contribution in [0.3, 0.4) is 0 Å². The summed E-state index contributed by atoms with van der Waals surface area (Å²) in [4.78, 5) is 23.0. The van der Waals surface area contributed by atoms with Gasteiger partial charge in [-0.25, -0.2) is 0 Å². The summed E-state index contributed by atoms with van der Waals surface area (Å²) in [6, 6.07) is 15.3. The molecule has 2 aromatic carbocycles. The fourth-order valence-corrected chi connectivity index (χ4v) is 3.35. The van der Waals surface area contributed by atoms with Crippen LogP contribution in [-0.2, 0) is 13.6 Å². The quantitative estimate of drug-likeness (QED) is 0.363. The molecule has 9 nitrogen and oxygen atoms in total. The van der Waals surface area contributed by atoms with Gasteiger partial charge < -0.3 is 5.32 Å². The van der Waals surface area contributed by atoms with E-state index in [2.05, 4.69) is 15.5 Å². The molecule has 0 aliphatic heterocycles. The lowest BCUT2D eigenvalue weighted by Crippen LogP contribution is -2.22. The van der Waals surface area contributed by atoms with Crippen molar-refractivity contribution in [2.75, 3.05) is 5.32 Å². The van der Waals surface area contributed by atoms with Crippen molar-refractivity contribution in [3.8, 4) is 16.9 Å². The van der Waals surface area contributed by atoms with Crippen LogP contribution in [0.2, 0.25) is 5.02 Å². The maximum Gasteiger partial charge on any atom is 0.292 e. The Balaban J connectivity index is 1.58. The van der Waals surface area contributed by atoms with E-state index in [1.165, 1.54) is 30.5 Å². The number of anilines is 1. The molecule has 2 heterocycles. The average Bonchev–Trinajstić information content (AvgIpc) is 3.16. The number of aryl methyl sites for hydroxylation is 1. The number of halogens is 1. The molecule has 0 unspecified atom stereocenters. The summed E-state index contributed by atoms with van der Waals surface area (Å²) in [5, 5.41) is 22.6. The van der Waals surface area contributed by atoms with E-state index in [9.17, 15) is 14.9 Å². The molecule has 10 heteroatoms. The van der Waals surface area contributed by atoms with Crippen LogP contribution < -0.4 is 10.9 Å². The third-order valence-corrected chi connectivity index (χ3v) is 5.01. The molecule has 0 saturated carbocycles. The molecule has 0 bridgehead atoms. The third kappa shape index (κ3) is 4.17. The van der Waals surface area contributed by atoms with Crippen LogP contribution in [-0.4, -0.2) is 24.5 Å². The Labute approximate surface area is 181 Å². The normalized spacial score (nSPS) is 10.8. The summed E-state index contributed by atoms with van der Waals surface area (Å²) < 4.78 is 2.82. The topological polar surface area (TPSA) is 108 Å². The highest BCUT2D eigenvalue weighted by Gasteiger charge is 2.14. The summed E-state index contributed by atoms with van der Waals surface area (Å²) in [7, 11) is 1.84. The first-order valence-electron chi connectivity index (χ1n) is 9.28. The first kappa shape index (κ1) is 20.3. The number of aromatic nitrogens is 4. The fourth-order valence-electron chi connectivity index (χ4n) is 3.15. The van der Waals surface area contributed by atoms with E-state index in [0.717, 1.165) is 21.5 Å². The van der Waals surface area contributed by atoms with Crippen LogP contribution in [0, 0.1) is 10.1 Å². The molecule has 0 aliphatic carbocycles. The second kappa shape index (κ2) is 8.41. The number of hydrogen-bond acceptors (Lipinski definition) is 6. The molecule has 0 spiro atoms. The van der Waals surface area contributed by atoms with Gasteiger partial charge in [0, 0.05) is 43.0 Å². The molecule has 0 aliphatic rings. The van der Waals surface area contributed by atoms with Crippen molar-refractivity contribution in [2.24, 2.45) is 7.05 Å². The minimum absolute atomic E-state index is 0.0292. The molecule has 4 rings (SSSR count). The van der Waals surface area contributed by atoms with Gasteiger partial charge in [-0.05, 0) is 12.1 Å². The van der Waals surface area contributed by atoms with E-state index < -0.39 is 10.5 Å². The molecular formula is C21H17ClN6O3. The van der Waals surface area contributed by atoms with Crippen molar-refractivity contribution in [2.45, 2.75) is 6.54 Å². The summed E-state index contributed by atoms with van der Waals surface area (Å²) in [5.74, 6) is 0. The summed E-state index contributed by atoms with van der Waals surface area (Å²) >= 11 is 6.29. The number of benzene rings is 2. The van der Waals surface area contributed by atoms with Crippen molar-refractivity contribution >= 4 is 23.0 Å². The zero-order valence-electron chi connectivity index (χ0n) is 16.4. The minimum Gasteiger partial charge on any atom is -0.378 e. The molecular weight excluding hydrogens is 420 g/mol. The van der Waals surface area contributed by atoms with Crippen LogP contribution in [0.15, 0.2) is 71.8 Å². The van der Waals surface area contributed by atoms with Gasteiger partial charge in [-0.3, -0.25) is 19.6 Å². The van der Waals surface area contributed by atoms with E-state index in [1.54, 1.807) is 4.68 Å². The number of hydrogen-bond donors (Lipinski definition) is 1. The van der Waals surface area contributed by atoms with Crippen LogP contribution in [0.1, 0.15) is 5.56 Å². The van der Waals surface area contributed by atoms with Gasteiger partial charge in [-0.1, -0.05) is 41.9 Å². The molecule has 1 N–H and O–H groups in total. The third-order valence-electron chi connectivity index (χ3n) is 4.65. The predicted octanol–water partition coefficient (Wildman–Crippen LogP) is 3.81. The highest BCUT2D eigenvalue weighted by molar-refractivity contribution is 6.32. The molecule has 0 amide bonds. The zero-order valence-corrected chi connectivity index (χ0v) is 17.2. The van der Waals surface area contributed by atoms with Gasteiger partial charge >= 0.3 is 0 Å². The van der Waals surface area contributed by atoms with Crippen molar-refractivity contribution in [3.05, 3.63) is 98.0 Å². The van der Waals surface area contributed by atoms with Gasteiger partial charge in [-0.15, -0.1) is 0 Å². The van der Waals surface area contributed by atoms with Crippen molar-refractivity contribution < 1.29 is 4.92 Å². The molecule has 0 radical (unpaired) electrons. The largest absolute Gasteiger partial charge is 0.378 e. The maximum atomic E-state index is 12.7. The lowest BCUT2D eigenvalue weighted by Gasteiger charge is -2.10. The number of nitro benzene ring substituents is 1. The maximum absolute atomic E-state index is 12.7. The van der Waals surface area contributed by atoms with Gasteiger partial charge in [0.25, 0.3) is 11.2 Å². The number of rotatable bonds is 6. The smallest absolute Gasteiger partial charge is 0.292 e. The van der Waals surface area contributed by atoms with E-state index in [1.807, 2.05) is 43.6 Å². The lowest BCUT2D eigenvalue weighted by molar-refractivity contribution is -0.384. The Morgan fingerprint density at radius 1 is 1.13 bits per heavy atom. The average molecular weight is 437 g/mol. The lowest BCUT2D eigenvalue weighted by atomic mass is 10.1. The first-order chi connectivity index (χ1) is 14.9. The van der Waals surface area contributed by atoms with Crippen LogP contribution in [0.25, 0.3) is 16.9 Å². The standard InChI is InChI=1S/C21H17ClN6O3/c1-26-13-15(20(25-26)14-5-3-2-4-6-14)11-23-18-12-24-27(21(29)19(18)22)16-7-9-17(10-8-16)28(30)31/h2-10,12-13,23H,11H2,1H3. The van der Waals surface area contributed by atoms with Gasteiger partial charge in [0.2, 0.25) is 0 Å². The first-order valence-corrected chi connectivity index (χ1v) is 9.66. The highest BCUT2D eigenvalue weighted by atomic mass is 35.5. The Morgan fingerprint density at radius 3 is 2.52 bits per heavy atom. The SMILES string of the molecule is Cn1cc(CNc2cnn(-c3ccc([N+](=O)[O-])cc3)c(=O)c2Cl)c(-c2ccccc2)n1. The van der Waals surface area contributed by atoms with E-state index in [0.29, 0.717) is 17.9 Å². The Hall–Kier alpha value is -3.98. The van der Waals surface area contributed by atoms with Gasteiger partial charge in [0.05, 0.1) is 28.2 Å². The van der Waals surface area contributed by atoms with Crippen LogP contribution in [0.5, 0.6) is 0 Å². The molecule has 0 atom stereocenters. The Morgan fingerprint density at radius 2 is 1.84 bits per heavy atom. The van der Waals surface area contributed by atoms with Gasteiger partial charge in [-0.2, -0.15) is 14.9 Å². The molecule has 0 saturated heterocycles. The van der Waals surface area contributed by atoms with Crippen molar-refractivity contribution in [1.82, 2.24) is 19.6 Å². The van der Waals surface area contributed by atoms with E-state index in [-0.39, 0.29) is 10.7 Å². The number of nitrogens with one attached hydrogen (secondary N) is 1. The number of nitro groups is 1. The summed E-state index contributed by atoms with van der Waals surface area (Å²) in [6.07, 6.45) is 3.35. The van der Waals surface area contributed by atoms with Crippen molar-refractivity contribution in [3.63, 3.8) is 0 Å². The summed E-state index contributed by atoms with van der Waals surface area (Å²) in [5.41, 5.74) is 2.90. The van der Waals surface area contributed by atoms with Crippen LogP contribution >= 0.6 is 11.6 Å². The van der Waals surface area contributed by atoms with Crippen molar-refractivity contribution in [1.29, 1.82) is 0 Å². The Bertz CT molecular complexity index is 1300. The fraction of sp³-hybridized carbons (Fsp3) is 0.0952. The van der Waals surface area contributed by atoms with Gasteiger partial charge in [0.15, 0.2) is 0 Å². The minimum atomic E-state index is -0.532. The zero-order chi connectivity index (χ0) is 22.0. The molecule has 0 fully saturated rings. The predicted molar refractivity (Wildman–Crippen MR) is 117 cm³/mol. The van der Waals surface area contributed by atoms with Gasteiger partial charge in [0.1, 0.15) is 5.02 Å². The van der Waals surface area contributed by atoms with E-state index >= 15 is 0 Å². The second-order valence-electron chi connectivity index (χ2n) is 6.76. The second-order valence-corrected chi connectivity index (χ2v) is 7.14. The molecule has 4 aromatic rings.